The summed E-state index contributed by atoms with van der Waals surface area (Å²) in [5.74, 6) is 1.82. The Balaban J connectivity index is 1.53. The van der Waals surface area contributed by atoms with E-state index in [0.29, 0.717) is 18.0 Å². The van der Waals surface area contributed by atoms with Gasteiger partial charge in [-0.05, 0) is 36.4 Å². The predicted molar refractivity (Wildman–Crippen MR) is 109 cm³/mol. The number of carbonyl (C=O) groups is 1. The standard InChI is InChI=1S/C21H16BrN3O3/c22-14-7-8-15-16(10-14)25(11-13-4-3-9-23-20(13)24-15)21(26)19-12-27-17-5-1-2-6-18(17)28-19/h1-10,19H,11-12H2,(H,23,24)/t19-/m1/s1. The van der Waals surface area contributed by atoms with Crippen molar-refractivity contribution in [1.29, 1.82) is 0 Å². The third-order valence-electron chi connectivity index (χ3n) is 4.77. The van der Waals surface area contributed by atoms with E-state index in [1.165, 1.54) is 0 Å². The first-order chi connectivity index (χ1) is 13.7. The summed E-state index contributed by atoms with van der Waals surface area (Å²) in [5, 5.41) is 3.34. The van der Waals surface area contributed by atoms with Gasteiger partial charge in [-0.2, -0.15) is 0 Å². The number of hydrogen-bond donors (Lipinski definition) is 1. The Hall–Kier alpha value is -3.06. The third-order valence-corrected chi connectivity index (χ3v) is 5.27. The molecule has 6 nitrogen and oxygen atoms in total. The Morgan fingerprint density at radius 3 is 2.89 bits per heavy atom. The van der Waals surface area contributed by atoms with Crippen molar-refractivity contribution in [2.75, 3.05) is 16.8 Å². The summed E-state index contributed by atoms with van der Waals surface area (Å²) in [5.41, 5.74) is 2.51. The van der Waals surface area contributed by atoms with E-state index in [0.717, 1.165) is 27.2 Å². The molecule has 3 heterocycles. The van der Waals surface area contributed by atoms with Gasteiger partial charge in [0.2, 0.25) is 6.10 Å². The third kappa shape index (κ3) is 2.97. The fourth-order valence-corrected chi connectivity index (χ4v) is 3.76. The molecule has 1 amide bonds. The number of anilines is 3. The zero-order valence-electron chi connectivity index (χ0n) is 14.8. The van der Waals surface area contributed by atoms with Crippen LogP contribution >= 0.6 is 15.9 Å². The SMILES string of the molecule is O=C([C@H]1COc2ccccc2O1)N1Cc2cccnc2Nc2ccc(Br)cc21. The van der Waals surface area contributed by atoms with Crippen molar-refractivity contribution in [2.45, 2.75) is 12.6 Å². The maximum Gasteiger partial charge on any atom is 0.272 e. The Morgan fingerprint density at radius 2 is 2.00 bits per heavy atom. The molecule has 0 spiro atoms. The lowest BCUT2D eigenvalue weighted by molar-refractivity contribution is -0.127. The minimum atomic E-state index is -0.722. The maximum atomic E-state index is 13.5. The molecule has 5 rings (SSSR count). The van der Waals surface area contributed by atoms with Crippen molar-refractivity contribution in [1.82, 2.24) is 4.98 Å². The van der Waals surface area contributed by atoms with Crippen LogP contribution < -0.4 is 19.7 Å². The maximum absolute atomic E-state index is 13.5. The molecule has 0 fully saturated rings. The number of amides is 1. The molecule has 28 heavy (non-hydrogen) atoms. The molecule has 0 aliphatic carbocycles. The van der Waals surface area contributed by atoms with Crippen LogP contribution in [0.1, 0.15) is 5.56 Å². The number of nitrogens with zero attached hydrogens (tertiary/aromatic N) is 2. The van der Waals surface area contributed by atoms with Gasteiger partial charge in [0.05, 0.1) is 17.9 Å². The van der Waals surface area contributed by atoms with E-state index in [9.17, 15) is 4.79 Å². The van der Waals surface area contributed by atoms with Crippen molar-refractivity contribution < 1.29 is 14.3 Å². The second kappa shape index (κ2) is 6.83. The molecule has 2 aromatic carbocycles. The van der Waals surface area contributed by atoms with Gasteiger partial charge in [-0.25, -0.2) is 4.98 Å². The Morgan fingerprint density at radius 1 is 1.14 bits per heavy atom. The van der Waals surface area contributed by atoms with Gasteiger partial charge in [-0.1, -0.05) is 34.1 Å². The molecule has 1 aromatic heterocycles. The van der Waals surface area contributed by atoms with E-state index >= 15 is 0 Å². The number of rotatable bonds is 1. The van der Waals surface area contributed by atoms with Crippen LogP contribution in [0.25, 0.3) is 0 Å². The summed E-state index contributed by atoms with van der Waals surface area (Å²) in [6.07, 6.45) is 1.01. The minimum Gasteiger partial charge on any atom is -0.485 e. The van der Waals surface area contributed by atoms with Gasteiger partial charge in [0, 0.05) is 16.2 Å². The summed E-state index contributed by atoms with van der Waals surface area (Å²) < 4.78 is 12.6. The minimum absolute atomic E-state index is 0.160. The van der Waals surface area contributed by atoms with E-state index in [-0.39, 0.29) is 12.5 Å². The molecule has 7 heteroatoms. The van der Waals surface area contributed by atoms with Gasteiger partial charge >= 0.3 is 0 Å². The number of hydrogen-bond acceptors (Lipinski definition) is 5. The Bertz CT molecular complexity index is 1070. The monoisotopic (exact) mass is 437 g/mol. The van der Waals surface area contributed by atoms with Gasteiger partial charge in [0.15, 0.2) is 11.5 Å². The highest BCUT2D eigenvalue weighted by Gasteiger charge is 2.34. The van der Waals surface area contributed by atoms with Crippen LogP contribution in [-0.4, -0.2) is 23.6 Å². The first kappa shape index (κ1) is 17.1. The van der Waals surface area contributed by atoms with Gasteiger partial charge in [0.25, 0.3) is 5.91 Å². The molecule has 0 saturated carbocycles. The molecule has 0 bridgehead atoms. The number of halogens is 1. The zero-order valence-corrected chi connectivity index (χ0v) is 16.3. The molecule has 2 aliphatic heterocycles. The number of aromatic nitrogens is 1. The Kier molecular flexibility index (Phi) is 4.16. The summed E-state index contributed by atoms with van der Waals surface area (Å²) in [7, 11) is 0. The van der Waals surface area contributed by atoms with E-state index in [1.54, 1.807) is 11.1 Å². The molecule has 0 radical (unpaired) electrons. The lowest BCUT2D eigenvalue weighted by Crippen LogP contribution is -2.46. The molecule has 2 aliphatic rings. The number of carbonyl (C=O) groups excluding carboxylic acids is 1. The van der Waals surface area contributed by atoms with Crippen molar-refractivity contribution in [3.63, 3.8) is 0 Å². The van der Waals surface area contributed by atoms with Crippen molar-refractivity contribution >= 4 is 39.0 Å². The second-order valence-electron chi connectivity index (χ2n) is 6.59. The van der Waals surface area contributed by atoms with Crippen molar-refractivity contribution in [3.05, 3.63) is 70.8 Å². The van der Waals surface area contributed by atoms with Crippen LogP contribution in [0.2, 0.25) is 0 Å². The van der Waals surface area contributed by atoms with Crippen LogP contribution in [0.3, 0.4) is 0 Å². The van der Waals surface area contributed by atoms with Crippen LogP contribution in [-0.2, 0) is 11.3 Å². The van der Waals surface area contributed by atoms with E-state index < -0.39 is 6.10 Å². The zero-order chi connectivity index (χ0) is 19.1. The lowest BCUT2D eigenvalue weighted by Gasteiger charge is -2.30. The summed E-state index contributed by atoms with van der Waals surface area (Å²) in [6, 6.07) is 17.0. The average Bonchev–Trinajstić information content (AvgIpc) is 2.89. The number of pyridine rings is 1. The van der Waals surface area contributed by atoms with Gasteiger partial charge in [0.1, 0.15) is 12.4 Å². The first-order valence-electron chi connectivity index (χ1n) is 8.89. The molecule has 3 aromatic rings. The molecule has 0 saturated heterocycles. The van der Waals surface area contributed by atoms with E-state index in [1.807, 2.05) is 54.6 Å². The van der Waals surface area contributed by atoms with Crippen LogP contribution in [0, 0.1) is 0 Å². The highest BCUT2D eigenvalue weighted by molar-refractivity contribution is 9.10. The number of benzene rings is 2. The second-order valence-corrected chi connectivity index (χ2v) is 7.50. The van der Waals surface area contributed by atoms with Crippen LogP contribution in [0.5, 0.6) is 11.5 Å². The van der Waals surface area contributed by atoms with Crippen molar-refractivity contribution in [2.24, 2.45) is 0 Å². The fraction of sp³-hybridized carbons (Fsp3) is 0.143. The van der Waals surface area contributed by atoms with E-state index in [4.69, 9.17) is 9.47 Å². The number of ether oxygens (including phenoxy) is 2. The largest absolute Gasteiger partial charge is 0.485 e. The summed E-state index contributed by atoms with van der Waals surface area (Å²) >= 11 is 3.51. The summed E-state index contributed by atoms with van der Waals surface area (Å²) in [4.78, 5) is 19.6. The predicted octanol–water partition coefficient (Wildman–Crippen LogP) is 4.27. The smallest absolute Gasteiger partial charge is 0.272 e. The fourth-order valence-electron chi connectivity index (χ4n) is 3.41. The quantitative estimate of drug-likeness (QED) is 0.615. The summed E-state index contributed by atoms with van der Waals surface area (Å²) in [6.45, 7) is 0.559. The van der Waals surface area contributed by atoms with Gasteiger partial charge < -0.3 is 19.7 Å². The lowest BCUT2D eigenvalue weighted by atomic mass is 10.2. The highest BCUT2D eigenvalue weighted by atomic mass is 79.9. The van der Waals surface area contributed by atoms with Crippen LogP contribution in [0.15, 0.2) is 65.3 Å². The molecule has 1 N–H and O–H groups in total. The van der Waals surface area contributed by atoms with Gasteiger partial charge in [-0.15, -0.1) is 0 Å². The molecular formula is C21H16BrN3O3. The van der Waals surface area contributed by atoms with Gasteiger partial charge in [-0.3, -0.25) is 4.79 Å². The van der Waals surface area contributed by atoms with Crippen LogP contribution in [0.4, 0.5) is 17.2 Å². The van der Waals surface area contributed by atoms with E-state index in [2.05, 4.69) is 26.2 Å². The Labute approximate surface area is 170 Å². The number of nitrogens with one attached hydrogen (secondary N) is 1. The number of para-hydroxylation sites is 2. The normalized spacial score (nSPS) is 17.0. The molecule has 140 valence electrons. The average molecular weight is 438 g/mol. The molecule has 0 unspecified atom stereocenters. The number of fused-ring (bicyclic) bond motifs is 3. The van der Waals surface area contributed by atoms with Crippen molar-refractivity contribution in [3.8, 4) is 11.5 Å². The molecular weight excluding hydrogens is 422 g/mol. The highest BCUT2D eigenvalue weighted by Crippen LogP contribution is 2.38. The topological polar surface area (TPSA) is 63.7 Å². The first-order valence-corrected chi connectivity index (χ1v) is 9.69. The molecule has 1 atom stereocenters.